The number of thiophene rings is 1. The summed E-state index contributed by atoms with van der Waals surface area (Å²) in [5.74, 6) is -0.766. The molecule has 5 nitrogen and oxygen atoms in total. The fraction of sp³-hybridized carbons (Fsp3) is 0.538. The number of hydrogen-bond donors (Lipinski definition) is 1. The molecule has 6 heteroatoms. The lowest BCUT2D eigenvalue weighted by atomic mass is 10.3. The van der Waals surface area contributed by atoms with Gasteiger partial charge in [0.15, 0.2) is 0 Å². The second kappa shape index (κ2) is 6.68. The van der Waals surface area contributed by atoms with E-state index in [-0.39, 0.29) is 5.91 Å². The van der Waals surface area contributed by atoms with Crippen LogP contribution in [0.25, 0.3) is 0 Å². The van der Waals surface area contributed by atoms with Gasteiger partial charge in [-0.3, -0.25) is 9.59 Å². The van der Waals surface area contributed by atoms with Crippen LogP contribution in [0.5, 0.6) is 0 Å². The van der Waals surface area contributed by atoms with E-state index < -0.39 is 5.91 Å². The third kappa shape index (κ3) is 3.54. The Bertz CT molecular complexity index is 427. The number of nitrogens with one attached hydrogen (secondary N) is 1. The maximum Gasteiger partial charge on any atom is 0.312 e. The van der Waals surface area contributed by atoms with E-state index in [1.54, 1.807) is 21.1 Å². The lowest BCUT2D eigenvalue weighted by molar-refractivity contribution is -0.152. The Labute approximate surface area is 117 Å². The van der Waals surface area contributed by atoms with Crippen molar-refractivity contribution >= 4 is 23.2 Å². The molecule has 2 amide bonds. The normalized spacial score (nSPS) is 15.3. The van der Waals surface area contributed by atoms with Crippen LogP contribution >= 0.6 is 11.3 Å². The molecule has 0 aromatic carbocycles. The zero-order valence-corrected chi connectivity index (χ0v) is 11.9. The van der Waals surface area contributed by atoms with Crippen molar-refractivity contribution < 1.29 is 9.59 Å². The Morgan fingerprint density at radius 2 is 2.16 bits per heavy atom. The predicted octanol–water partition coefficient (Wildman–Crippen LogP) is 0.528. The summed E-state index contributed by atoms with van der Waals surface area (Å²) in [6.07, 6.45) is 0. The molecule has 0 spiro atoms. The van der Waals surface area contributed by atoms with Gasteiger partial charge in [-0.15, -0.1) is 11.3 Å². The minimum atomic E-state index is -0.391. The number of nitrogens with zero attached hydrogens (tertiary/aromatic N) is 2. The Morgan fingerprint density at radius 1 is 1.42 bits per heavy atom. The van der Waals surface area contributed by atoms with Gasteiger partial charge >= 0.3 is 11.8 Å². The molecule has 2 heterocycles. The Balaban J connectivity index is 1.97. The van der Waals surface area contributed by atoms with Crippen LogP contribution < -0.4 is 5.32 Å². The molecule has 1 aromatic heterocycles. The van der Waals surface area contributed by atoms with Crippen LogP contribution in [-0.4, -0.2) is 54.3 Å². The molecule has 104 valence electrons. The molecule has 0 radical (unpaired) electrons. The second-order valence-corrected chi connectivity index (χ2v) is 5.47. The van der Waals surface area contributed by atoms with Crippen molar-refractivity contribution in [1.29, 1.82) is 0 Å². The zero-order chi connectivity index (χ0) is 13.7. The van der Waals surface area contributed by atoms with Gasteiger partial charge < -0.3 is 15.1 Å². The first-order valence-corrected chi connectivity index (χ1v) is 7.41. The lowest BCUT2D eigenvalue weighted by Gasteiger charge is -2.29. The fourth-order valence-electron chi connectivity index (χ4n) is 2.06. The summed E-state index contributed by atoms with van der Waals surface area (Å²) >= 11 is 1.60. The van der Waals surface area contributed by atoms with E-state index in [0.29, 0.717) is 26.2 Å². The Kier molecular flexibility index (Phi) is 4.93. The van der Waals surface area contributed by atoms with Crippen LogP contribution in [0.1, 0.15) is 11.8 Å². The molecule has 1 aliphatic heterocycles. The molecule has 1 saturated heterocycles. The van der Waals surface area contributed by atoms with E-state index in [0.717, 1.165) is 18.0 Å². The fourth-order valence-corrected chi connectivity index (χ4v) is 2.78. The summed E-state index contributed by atoms with van der Waals surface area (Å²) in [4.78, 5) is 28.7. The van der Waals surface area contributed by atoms with Gasteiger partial charge in [0.2, 0.25) is 0 Å². The highest BCUT2D eigenvalue weighted by atomic mass is 32.1. The smallest absolute Gasteiger partial charge is 0.312 e. The van der Waals surface area contributed by atoms with E-state index >= 15 is 0 Å². The zero-order valence-electron chi connectivity index (χ0n) is 11.1. The summed E-state index contributed by atoms with van der Waals surface area (Å²) in [6, 6.07) is 3.94. The molecular weight excluding hydrogens is 262 g/mol. The average molecular weight is 281 g/mol. The number of carbonyl (C=O) groups excluding carboxylic acids is 2. The first-order valence-electron chi connectivity index (χ1n) is 6.53. The number of hydrogen-bond acceptors (Lipinski definition) is 4. The second-order valence-electron chi connectivity index (χ2n) is 4.44. The molecule has 1 fully saturated rings. The van der Waals surface area contributed by atoms with E-state index in [4.69, 9.17) is 0 Å². The summed E-state index contributed by atoms with van der Waals surface area (Å²) < 4.78 is 0. The molecule has 1 N–H and O–H groups in total. The molecule has 2 rings (SSSR count). The van der Waals surface area contributed by atoms with Gasteiger partial charge in [0, 0.05) is 37.6 Å². The molecule has 0 unspecified atom stereocenters. The summed E-state index contributed by atoms with van der Waals surface area (Å²) in [7, 11) is 0. The van der Waals surface area contributed by atoms with Crippen molar-refractivity contribution in [2.75, 3.05) is 32.7 Å². The Hall–Kier alpha value is -1.40. The van der Waals surface area contributed by atoms with Gasteiger partial charge in [-0.1, -0.05) is 6.07 Å². The number of amides is 2. The third-order valence-corrected chi connectivity index (χ3v) is 4.04. The van der Waals surface area contributed by atoms with Crippen molar-refractivity contribution in [2.45, 2.75) is 13.5 Å². The van der Waals surface area contributed by atoms with Crippen LogP contribution in [0.3, 0.4) is 0 Å². The maximum atomic E-state index is 12.2. The van der Waals surface area contributed by atoms with Gasteiger partial charge in [0.1, 0.15) is 0 Å². The van der Waals surface area contributed by atoms with Crippen LogP contribution in [0.4, 0.5) is 0 Å². The molecule has 0 atom stereocenters. The summed E-state index contributed by atoms with van der Waals surface area (Å²) in [5, 5.41) is 5.15. The average Bonchev–Trinajstić information content (AvgIpc) is 2.97. The molecule has 0 saturated carbocycles. The molecule has 1 aromatic rings. The van der Waals surface area contributed by atoms with Gasteiger partial charge in [-0.2, -0.15) is 0 Å². The van der Waals surface area contributed by atoms with Crippen molar-refractivity contribution in [3.8, 4) is 0 Å². The largest absolute Gasteiger partial charge is 0.332 e. The molecule has 19 heavy (non-hydrogen) atoms. The first kappa shape index (κ1) is 14.0. The molecule has 0 bridgehead atoms. The minimum absolute atomic E-state index is 0.375. The first-order chi connectivity index (χ1) is 9.22. The van der Waals surface area contributed by atoms with E-state index in [1.807, 2.05) is 24.4 Å². The van der Waals surface area contributed by atoms with Crippen LogP contribution in [0.15, 0.2) is 17.5 Å². The standard InChI is InChI=1S/C13H19N3O2S/c1-2-15(10-11-4-3-9-19-11)12(17)13(18)16-7-5-14-6-8-16/h3-4,9,14H,2,5-8,10H2,1H3. The number of carbonyl (C=O) groups is 2. The Morgan fingerprint density at radius 3 is 2.74 bits per heavy atom. The van der Waals surface area contributed by atoms with Crippen molar-refractivity contribution in [3.63, 3.8) is 0 Å². The molecule has 0 aliphatic carbocycles. The van der Waals surface area contributed by atoms with E-state index in [9.17, 15) is 9.59 Å². The van der Waals surface area contributed by atoms with Crippen molar-refractivity contribution in [3.05, 3.63) is 22.4 Å². The van der Waals surface area contributed by atoms with Gasteiger partial charge in [-0.05, 0) is 18.4 Å². The van der Waals surface area contributed by atoms with Crippen LogP contribution in [0, 0.1) is 0 Å². The number of piperazine rings is 1. The quantitative estimate of drug-likeness (QED) is 0.822. The van der Waals surface area contributed by atoms with Crippen molar-refractivity contribution in [1.82, 2.24) is 15.1 Å². The van der Waals surface area contributed by atoms with Crippen molar-refractivity contribution in [2.24, 2.45) is 0 Å². The molecule has 1 aliphatic rings. The monoisotopic (exact) mass is 281 g/mol. The summed E-state index contributed by atoms with van der Waals surface area (Å²) in [6.45, 7) is 5.71. The van der Waals surface area contributed by atoms with Crippen LogP contribution in [-0.2, 0) is 16.1 Å². The highest BCUT2D eigenvalue weighted by Crippen LogP contribution is 2.12. The SMILES string of the molecule is CCN(Cc1cccs1)C(=O)C(=O)N1CCNCC1. The number of rotatable bonds is 3. The van der Waals surface area contributed by atoms with E-state index in [1.165, 1.54) is 0 Å². The predicted molar refractivity (Wildman–Crippen MR) is 74.9 cm³/mol. The lowest BCUT2D eigenvalue weighted by Crippen LogP contribution is -2.51. The van der Waals surface area contributed by atoms with Gasteiger partial charge in [0.25, 0.3) is 0 Å². The highest BCUT2D eigenvalue weighted by molar-refractivity contribution is 7.09. The minimum Gasteiger partial charge on any atom is -0.332 e. The van der Waals surface area contributed by atoms with E-state index in [2.05, 4.69) is 5.32 Å². The number of likely N-dealkylation sites (N-methyl/N-ethyl adjacent to an activating group) is 1. The topological polar surface area (TPSA) is 52.7 Å². The van der Waals surface area contributed by atoms with Gasteiger partial charge in [-0.25, -0.2) is 0 Å². The molecular formula is C13H19N3O2S. The third-order valence-electron chi connectivity index (χ3n) is 3.18. The van der Waals surface area contributed by atoms with Gasteiger partial charge in [0.05, 0.1) is 6.54 Å². The highest BCUT2D eigenvalue weighted by Gasteiger charge is 2.27. The van der Waals surface area contributed by atoms with Crippen LogP contribution in [0.2, 0.25) is 0 Å². The maximum absolute atomic E-state index is 12.2. The summed E-state index contributed by atoms with van der Waals surface area (Å²) in [5.41, 5.74) is 0.